The third-order valence-corrected chi connectivity index (χ3v) is 4.24. The fourth-order valence-electron chi connectivity index (χ4n) is 2.46. The van der Waals surface area contributed by atoms with Crippen LogP contribution < -0.4 is 10.2 Å². The van der Waals surface area contributed by atoms with Gasteiger partial charge < -0.3 is 10.2 Å². The molecule has 1 heterocycles. The number of nitrogens with one attached hydrogen (secondary N) is 1. The van der Waals surface area contributed by atoms with Gasteiger partial charge in [-0.1, -0.05) is 6.92 Å². The third-order valence-electron chi connectivity index (χ3n) is 4.24. The van der Waals surface area contributed by atoms with Crippen molar-refractivity contribution in [1.82, 2.24) is 10.3 Å². The zero-order chi connectivity index (χ0) is 13.8. The predicted octanol–water partition coefficient (Wildman–Crippen LogP) is 3.38. The molecule has 1 aliphatic rings. The molecule has 1 aromatic heterocycles. The van der Waals surface area contributed by atoms with Gasteiger partial charge in [-0.15, -0.1) is 0 Å². The largest absolute Gasteiger partial charge is 0.370 e. The van der Waals surface area contributed by atoms with E-state index in [0.29, 0.717) is 12.1 Å². The van der Waals surface area contributed by atoms with Crippen molar-refractivity contribution in [1.29, 1.82) is 0 Å². The first-order valence-corrected chi connectivity index (χ1v) is 7.55. The molecule has 19 heavy (non-hydrogen) atoms. The Bertz CT molecular complexity index is 383. The van der Waals surface area contributed by atoms with Crippen LogP contribution in [0.4, 0.5) is 5.69 Å². The summed E-state index contributed by atoms with van der Waals surface area (Å²) >= 11 is 0. The summed E-state index contributed by atoms with van der Waals surface area (Å²) < 4.78 is 0. The minimum absolute atomic E-state index is 0.333. The van der Waals surface area contributed by atoms with Gasteiger partial charge in [0.05, 0.1) is 17.6 Å². The Hall–Kier alpha value is -1.09. The molecule has 106 valence electrons. The molecule has 0 saturated heterocycles. The van der Waals surface area contributed by atoms with Gasteiger partial charge in [0.25, 0.3) is 0 Å². The molecule has 2 unspecified atom stereocenters. The van der Waals surface area contributed by atoms with Gasteiger partial charge in [-0.25, -0.2) is 0 Å². The summed E-state index contributed by atoms with van der Waals surface area (Å²) in [6.07, 6.45) is 5.94. The van der Waals surface area contributed by atoms with Gasteiger partial charge in [-0.3, -0.25) is 4.98 Å². The monoisotopic (exact) mass is 261 g/mol. The molecule has 0 amide bonds. The van der Waals surface area contributed by atoms with Crippen LogP contribution in [0.15, 0.2) is 18.3 Å². The third kappa shape index (κ3) is 3.69. The van der Waals surface area contributed by atoms with E-state index < -0.39 is 0 Å². The van der Waals surface area contributed by atoms with Crippen molar-refractivity contribution >= 4 is 5.69 Å². The first-order chi connectivity index (χ1) is 9.13. The normalized spacial score (nSPS) is 18.1. The van der Waals surface area contributed by atoms with Crippen molar-refractivity contribution in [3.8, 4) is 0 Å². The molecule has 1 fully saturated rings. The quantitative estimate of drug-likeness (QED) is 0.815. The molecule has 1 saturated carbocycles. The SMILES string of the molecule is CCCNC(C)c1ccc(N(C)C(C)C2CC2)cn1. The van der Waals surface area contributed by atoms with E-state index in [4.69, 9.17) is 0 Å². The van der Waals surface area contributed by atoms with E-state index in [1.807, 2.05) is 6.20 Å². The zero-order valence-electron chi connectivity index (χ0n) is 12.7. The lowest BCUT2D eigenvalue weighted by Crippen LogP contribution is -2.30. The van der Waals surface area contributed by atoms with E-state index in [0.717, 1.165) is 24.6 Å². The molecular weight excluding hydrogens is 234 g/mol. The van der Waals surface area contributed by atoms with Crippen molar-refractivity contribution in [2.24, 2.45) is 5.92 Å². The van der Waals surface area contributed by atoms with Gasteiger partial charge in [0.2, 0.25) is 0 Å². The summed E-state index contributed by atoms with van der Waals surface area (Å²) in [6, 6.07) is 5.31. The number of pyridine rings is 1. The minimum Gasteiger partial charge on any atom is -0.370 e. The summed E-state index contributed by atoms with van der Waals surface area (Å²) in [5, 5.41) is 3.47. The molecule has 1 aliphatic carbocycles. The predicted molar refractivity (Wildman–Crippen MR) is 81.5 cm³/mol. The molecular formula is C16H27N3. The Labute approximate surface area is 117 Å². The topological polar surface area (TPSA) is 28.2 Å². The van der Waals surface area contributed by atoms with Crippen LogP contribution >= 0.6 is 0 Å². The lowest BCUT2D eigenvalue weighted by atomic mass is 10.1. The molecule has 0 aromatic carbocycles. The molecule has 0 radical (unpaired) electrons. The van der Waals surface area contributed by atoms with E-state index in [1.165, 1.54) is 18.5 Å². The van der Waals surface area contributed by atoms with Crippen molar-refractivity contribution in [2.45, 2.75) is 52.1 Å². The maximum absolute atomic E-state index is 4.61. The Morgan fingerprint density at radius 3 is 2.63 bits per heavy atom. The Morgan fingerprint density at radius 1 is 1.37 bits per heavy atom. The fraction of sp³-hybridized carbons (Fsp3) is 0.688. The standard InChI is InChI=1S/C16H27N3/c1-5-10-17-12(2)16-9-8-15(11-18-16)19(4)13(3)14-6-7-14/h8-9,11-14,17H,5-7,10H2,1-4H3. The maximum atomic E-state index is 4.61. The summed E-state index contributed by atoms with van der Waals surface area (Å²) in [4.78, 5) is 6.97. The van der Waals surface area contributed by atoms with E-state index in [1.54, 1.807) is 0 Å². The lowest BCUT2D eigenvalue weighted by Gasteiger charge is -2.27. The van der Waals surface area contributed by atoms with Crippen LogP contribution in [0.25, 0.3) is 0 Å². The maximum Gasteiger partial charge on any atom is 0.0572 e. The van der Waals surface area contributed by atoms with Gasteiger partial charge in [-0.05, 0) is 57.7 Å². The van der Waals surface area contributed by atoms with E-state index in [2.05, 4.69) is 55.2 Å². The lowest BCUT2D eigenvalue weighted by molar-refractivity contribution is 0.557. The zero-order valence-corrected chi connectivity index (χ0v) is 12.7. The molecule has 1 aromatic rings. The second-order valence-corrected chi connectivity index (χ2v) is 5.81. The molecule has 0 bridgehead atoms. The van der Waals surface area contributed by atoms with Crippen molar-refractivity contribution in [3.63, 3.8) is 0 Å². The van der Waals surface area contributed by atoms with Crippen LogP contribution in [0.5, 0.6) is 0 Å². The number of aromatic nitrogens is 1. The van der Waals surface area contributed by atoms with Crippen LogP contribution in [0.3, 0.4) is 0 Å². The van der Waals surface area contributed by atoms with Gasteiger partial charge >= 0.3 is 0 Å². The second kappa shape index (κ2) is 6.38. The average molecular weight is 261 g/mol. The molecule has 2 atom stereocenters. The van der Waals surface area contributed by atoms with Crippen LogP contribution in [-0.4, -0.2) is 24.6 Å². The second-order valence-electron chi connectivity index (χ2n) is 5.81. The summed E-state index contributed by atoms with van der Waals surface area (Å²) in [5.41, 5.74) is 2.36. The van der Waals surface area contributed by atoms with Gasteiger partial charge in [0.1, 0.15) is 0 Å². The van der Waals surface area contributed by atoms with Crippen molar-refractivity contribution < 1.29 is 0 Å². The average Bonchev–Trinajstić information content (AvgIpc) is 3.28. The Kier molecular flexibility index (Phi) is 4.81. The summed E-state index contributed by atoms with van der Waals surface area (Å²) in [7, 11) is 2.18. The molecule has 3 nitrogen and oxygen atoms in total. The summed E-state index contributed by atoms with van der Waals surface area (Å²) in [5.74, 6) is 0.884. The number of hydrogen-bond acceptors (Lipinski definition) is 3. The highest BCUT2D eigenvalue weighted by Crippen LogP contribution is 2.36. The Morgan fingerprint density at radius 2 is 2.11 bits per heavy atom. The molecule has 0 spiro atoms. The number of rotatable bonds is 7. The molecule has 2 rings (SSSR count). The highest BCUT2D eigenvalue weighted by Gasteiger charge is 2.30. The number of nitrogens with zero attached hydrogens (tertiary/aromatic N) is 2. The van der Waals surface area contributed by atoms with E-state index in [9.17, 15) is 0 Å². The van der Waals surface area contributed by atoms with Gasteiger partial charge in [0.15, 0.2) is 0 Å². The summed E-state index contributed by atoms with van der Waals surface area (Å²) in [6.45, 7) is 7.72. The molecule has 1 N–H and O–H groups in total. The van der Waals surface area contributed by atoms with Crippen molar-refractivity contribution in [3.05, 3.63) is 24.0 Å². The smallest absolute Gasteiger partial charge is 0.0572 e. The van der Waals surface area contributed by atoms with Crippen LogP contribution in [0.1, 0.15) is 51.8 Å². The molecule has 0 aliphatic heterocycles. The Balaban J connectivity index is 1.97. The minimum atomic E-state index is 0.333. The fourth-order valence-corrected chi connectivity index (χ4v) is 2.46. The van der Waals surface area contributed by atoms with Crippen LogP contribution in [0.2, 0.25) is 0 Å². The number of anilines is 1. The van der Waals surface area contributed by atoms with Gasteiger partial charge in [0, 0.05) is 19.1 Å². The molecule has 3 heteroatoms. The first-order valence-electron chi connectivity index (χ1n) is 7.55. The van der Waals surface area contributed by atoms with E-state index in [-0.39, 0.29) is 0 Å². The number of hydrogen-bond donors (Lipinski definition) is 1. The van der Waals surface area contributed by atoms with E-state index >= 15 is 0 Å². The first kappa shape index (κ1) is 14.3. The van der Waals surface area contributed by atoms with Crippen LogP contribution in [0, 0.1) is 5.92 Å². The highest BCUT2D eigenvalue weighted by atomic mass is 15.1. The van der Waals surface area contributed by atoms with Crippen molar-refractivity contribution in [2.75, 3.05) is 18.5 Å². The highest BCUT2D eigenvalue weighted by molar-refractivity contribution is 5.45. The van der Waals surface area contributed by atoms with Crippen LogP contribution in [-0.2, 0) is 0 Å². The van der Waals surface area contributed by atoms with Gasteiger partial charge in [-0.2, -0.15) is 0 Å².